The van der Waals surface area contributed by atoms with Crippen molar-refractivity contribution in [1.29, 1.82) is 0 Å². The predicted molar refractivity (Wildman–Crippen MR) is 105 cm³/mol. The quantitative estimate of drug-likeness (QED) is 0.526. The van der Waals surface area contributed by atoms with Crippen molar-refractivity contribution in [3.63, 3.8) is 0 Å². The summed E-state index contributed by atoms with van der Waals surface area (Å²) in [4.78, 5) is 18.7. The van der Waals surface area contributed by atoms with Gasteiger partial charge >= 0.3 is 0 Å². The molecule has 3 aromatic rings. The van der Waals surface area contributed by atoms with Gasteiger partial charge in [0.15, 0.2) is 0 Å². The molecule has 28 heavy (non-hydrogen) atoms. The normalized spacial score (nSPS) is 10.6. The molecule has 0 N–H and O–H groups in total. The summed E-state index contributed by atoms with van der Waals surface area (Å²) in [5, 5.41) is 3.90. The maximum atomic E-state index is 13.0. The van der Waals surface area contributed by atoms with Gasteiger partial charge in [-0.25, -0.2) is 4.39 Å². The SMILES string of the molecule is C=CCN(CCc1ccccc1)C(=O)CCc1nc(-c2ccc(F)cc2)no1. The summed E-state index contributed by atoms with van der Waals surface area (Å²) in [7, 11) is 0. The van der Waals surface area contributed by atoms with Crippen molar-refractivity contribution in [2.24, 2.45) is 0 Å². The molecule has 0 saturated carbocycles. The van der Waals surface area contributed by atoms with Crippen LogP contribution in [0.25, 0.3) is 11.4 Å². The van der Waals surface area contributed by atoms with Crippen LogP contribution in [-0.2, 0) is 17.6 Å². The van der Waals surface area contributed by atoms with E-state index in [1.165, 1.54) is 17.7 Å². The van der Waals surface area contributed by atoms with Crippen LogP contribution < -0.4 is 0 Å². The summed E-state index contributed by atoms with van der Waals surface area (Å²) in [5.41, 5.74) is 1.85. The smallest absolute Gasteiger partial charge is 0.227 e. The number of hydrogen-bond acceptors (Lipinski definition) is 4. The lowest BCUT2D eigenvalue weighted by Crippen LogP contribution is -2.33. The second-order valence-corrected chi connectivity index (χ2v) is 6.38. The monoisotopic (exact) mass is 379 g/mol. The Labute approximate surface area is 163 Å². The Balaban J connectivity index is 1.55. The average Bonchev–Trinajstić information content (AvgIpc) is 3.19. The zero-order chi connectivity index (χ0) is 19.8. The molecule has 0 atom stereocenters. The topological polar surface area (TPSA) is 59.2 Å². The van der Waals surface area contributed by atoms with Gasteiger partial charge in [0.1, 0.15) is 5.82 Å². The molecule has 1 heterocycles. The van der Waals surface area contributed by atoms with Crippen LogP contribution >= 0.6 is 0 Å². The maximum absolute atomic E-state index is 13.0. The summed E-state index contributed by atoms with van der Waals surface area (Å²) in [5.74, 6) is 0.456. The van der Waals surface area contributed by atoms with Gasteiger partial charge in [-0.15, -0.1) is 6.58 Å². The van der Waals surface area contributed by atoms with Gasteiger partial charge in [-0.1, -0.05) is 41.6 Å². The second-order valence-electron chi connectivity index (χ2n) is 6.38. The van der Waals surface area contributed by atoms with Crippen LogP contribution in [0.5, 0.6) is 0 Å². The van der Waals surface area contributed by atoms with E-state index in [1.54, 1.807) is 23.1 Å². The highest BCUT2D eigenvalue weighted by Crippen LogP contribution is 2.17. The fourth-order valence-corrected chi connectivity index (χ4v) is 2.83. The zero-order valence-electron chi connectivity index (χ0n) is 15.6. The number of hydrogen-bond donors (Lipinski definition) is 0. The van der Waals surface area contributed by atoms with Crippen molar-refractivity contribution in [3.05, 3.63) is 84.5 Å². The molecule has 6 heteroatoms. The molecule has 5 nitrogen and oxygen atoms in total. The van der Waals surface area contributed by atoms with Crippen molar-refractivity contribution in [1.82, 2.24) is 15.0 Å². The molecule has 0 unspecified atom stereocenters. The number of amides is 1. The van der Waals surface area contributed by atoms with Crippen molar-refractivity contribution < 1.29 is 13.7 Å². The Morgan fingerprint density at radius 2 is 1.86 bits per heavy atom. The van der Waals surface area contributed by atoms with E-state index >= 15 is 0 Å². The minimum atomic E-state index is -0.323. The average molecular weight is 379 g/mol. The number of aryl methyl sites for hydroxylation is 1. The molecule has 3 rings (SSSR count). The maximum Gasteiger partial charge on any atom is 0.227 e. The first-order valence-electron chi connectivity index (χ1n) is 9.17. The third-order valence-corrected chi connectivity index (χ3v) is 4.34. The molecule has 0 spiro atoms. The van der Waals surface area contributed by atoms with Gasteiger partial charge in [-0.3, -0.25) is 4.79 Å². The Hall–Kier alpha value is -3.28. The van der Waals surface area contributed by atoms with Crippen LogP contribution in [0.2, 0.25) is 0 Å². The number of nitrogens with zero attached hydrogens (tertiary/aromatic N) is 3. The Kier molecular flexibility index (Phi) is 6.68. The first-order chi connectivity index (χ1) is 13.7. The highest BCUT2D eigenvalue weighted by atomic mass is 19.1. The summed E-state index contributed by atoms with van der Waals surface area (Å²) in [6.07, 6.45) is 3.14. The van der Waals surface area contributed by atoms with Gasteiger partial charge in [0.05, 0.1) is 0 Å². The van der Waals surface area contributed by atoms with E-state index in [2.05, 4.69) is 16.7 Å². The lowest BCUT2D eigenvalue weighted by Gasteiger charge is -2.21. The Morgan fingerprint density at radius 3 is 2.57 bits per heavy atom. The summed E-state index contributed by atoms with van der Waals surface area (Å²) in [6.45, 7) is 4.86. The lowest BCUT2D eigenvalue weighted by atomic mass is 10.1. The minimum absolute atomic E-state index is 0.0114. The molecule has 0 bridgehead atoms. The van der Waals surface area contributed by atoms with E-state index in [-0.39, 0.29) is 18.1 Å². The van der Waals surface area contributed by atoms with Crippen LogP contribution in [0.3, 0.4) is 0 Å². The van der Waals surface area contributed by atoms with Crippen LogP contribution in [-0.4, -0.2) is 34.0 Å². The number of carbonyl (C=O) groups is 1. The van der Waals surface area contributed by atoms with Gasteiger partial charge in [-0.2, -0.15) is 4.98 Å². The Bertz CT molecular complexity index is 907. The second kappa shape index (κ2) is 9.60. The fraction of sp³-hybridized carbons (Fsp3) is 0.227. The van der Waals surface area contributed by atoms with Crippen LogP contribution in [0.4, 0.5) is 4.39 Å². The number of rotatable bonds is 9. The molecule has 0 radical (unpaired) electrons. The van der Waals surface area contributed by atoms with Crippen LogP contribution in [0.15, 0.2) is 71.8 Å². The molecule has 0 fully saturated rings. The van der Waals surface area contributed by atoms with Crippen molar-refractivity contribution in [3.8, 4) is 11.4 Å². The van der Waals surface area contributed by atoms with Gasteiger partial charge in [-0.05, 0) is 36.2 Å². The molecule has 144 valence electrons. The first kappa shape index (κ1) is 19.5. The van der Waals surface area contributed by atoms with E-state index in [0.29, 0.717) is 36.8 Å². The zero-order valence-corrected chi connectivity index (χ0v) is 15.6. The van der Waals surface area contributed by atoms with E-state index < -0.39 is 0 Å². The van der Waals surface area contributed by atoms with Crippen molar-refractivity contribution in [2.75, 3.05) is 13.1 Å². The van der Waals surface area contributed by atoms with Gasteiger partial charge < -0.3 is 9.42 Å². The highest BCUT2D eigenvalue weighted by molar-refractivity contribution is 5.76. The van der Waals surface area contributed by atoms with Crippen LogP contribution in [0, 0.1) is 5.82 Å². The molecule has 0 aliphatic heterocycles. The van der Waals surface area contributed by atoms with Gasteiger partial charge in [0.25, 0.3) is 0 Å². The van der Waals surface area contributed by atoms with Crippen molar-refractivity contribution >= 4 is 5.91 Å². The summed E-state index contributed by atoms with van der Waals surface area (Å²) in [6, 6.07) is 15.9. The molecule has 2 aromatic carbocycles. The standard InChI is InChI=1S/C22H22FN3O2/c1-2-15-26(16-14-17-6-4-3-5-7-17)21(27)13-12-20-24-22(25-28-20)18-8-10-19(23)11-9-18/h2-11H,1,12-16H2. The summed E-state index contributed by atoms with van der Waals surface area (Å²) < 4.78 is 18.2. The summed E-state index contributed by atoms with van der Waals surface area (Å²) >= 11 is 0. The van der Waals surface area contributed by atoms with E-state index in [0.717, 1.165) is 6.42 Å². The number of carbonyl (C=O) groups excluding carboxylic acids is 1. The Morgan fingerprint density at radius 1 is 1.11 bits per heavy atom. The first-order valence-corrected chi connectivity index (χ1v) is 9.17. The molecule has 0 saturated heterocycles. The van der Waals surface area contributed by atoms with E-state index in [1.807, 2.05) is 30.3 Å². The molecule has 0 aliphatic rings. The third kappa shape index (κ3) is 5.36. The third-order valence-electron chi connectivity index (χ3n) is 4.34. The minimum Gasteiger partial charge on any atom is -0.339 e. The van der Waals surface area contributed by atoms with E-state index in [4.69, 9.17) is 4.52 Å². The predicted octanol–water partition coefficient (Wildman–Crippen LogP) is 4.07. The largest absolute Gasteiger partial charge is 0.339 e. The molecular weight excluding hydrogens is 357 g/mol. The van der Waals surface area contributed by atoms with Gasteiger partial charge in [0.2, 0.25) is 17.6 Å². The molecule has 1 aromatic heterocycles. The van der Waals surface area contributed by atoms with Crippen LogP contribution in [0.1, 0.15) is 17.9 Å². The van der Waals surface area contributed by atoms with E-state index in [9.17, 15) is 9.18 Å². The molecular formula is C22H22FN3O2. The van der Waals surface area contributed by atoms with Gasteiger partial charge in [0, 0.05) is 31.5 Å². The number of aromatic nitrogens is 2. The lowest BCUT2D eigenvalue weighted by molar-refractivity contribution is -0.130. The number of benzene rings is 2. The molecule has 0 aliphatic carbocycles. The fourth-order valence-electron chi connectivity index (χ4n) is 2.83. The molecule has 1 amide bonds. The van der Waals surface area contributed by atoms with Crippen molar-refractivity contribution in [2.45, 2.75) is 19.3 Å². The highest BCUT2D eigenvalue weighted by Gasteiger charge is 2.15. The number of halogens is 1.